The maximum Gasteiger partial charge on any atom is 0.143 e. The SMILES string of the molecule is C=C(CCCCCCCCCCc1ccc(Nc2ncnc3[nH]ccc23)cc1)CCc1cccc2c(=C)n(C3CCC(=C)NC3=C)c(=C)c12. The first-order chi connectivity index (χ1) is 23.9. The summed E-state index contributed by atoms with van der Waals surface area (Å²) >= 11 is 0. The van der Waals surface area contributed by atoms with Crippen LogP contribution in [0.3, 0.4) is 0 Å². The van der Waals surface area contributed by atoms with E-state index in [0.29, 0.717) is 0 Å². The average Bonchev–Trinajstić information content (AvgIpc) is 3.69. The van der Waals surface area contributed by atoms with E-state index in [0.717, 1.165) is 83.2 Å². The molecule has 49 heavy (non-hydrogen) atoms. The number of hydrogen-bond acceptors (Lipinski definition) is 4. The van der Waals surface area contributed by atoms with Gasteiger partial charge in [0.25, 0.3) is 0 Å². The number of fused-ring (bicyclic) bond motifs is 2. The highest BCUT2D eigenvalue weighted by atomic mass is 15.1. The Balaban J connectivity index is 0.843. The number of aromatic nitrogens is 4. The Morgan fingerprint density at radius 1 is 0.796 bits per heavy atom. The van der Waals surface area contributed by atoms with Crippen molar-refractivity contribution in [1.29, 1.82) is 0 Å². The molecule has 1 fully saturated rings. The van der Waals surface area contributed by atoms with Gasteiger partial charge in [0.1, 0.15) is 17.8 Å². The van der Waals surface area contributed by atoms with Crippen LogP contribution >= 0.6 is 0 Å². The Morgan fingerprint density at radius 3 is 2.33 bits per heavy atom. The summed E-state index contributed by atoms with van der Waals surface area (Å²) in [6, 6.07) is 17.5. The third-order valence-corrected chi connectivity index (χ3v) is 10.2. The number of aryl methyl sites for hydroxylation is 2. The lowest BCUT2D eigenvalue weighted by atomic mass is 9.97. The van der Waals surface area contributed by atoms with E-state index in [4.69, 9.17) is 0 Å². The van der Waals surface area contributed by atoms with Gasteiger partial charge in [0.15, 0.2) is 0 Å². The van der Waals surface area contributed by atoms with Crippen molar-refractivity contribution < 1.29 is 0 Å². The number of allylic oxidation sites excluding steroid dienone is 3. The number of rotatable bonds is 17. The van der Waals surface area contributed by atoms with E-state index in [2.05, 4.69) is 106 Å². The van der Waals surface area contributed by atoms with Crippen LogP contribution in [0.4, 0.5) is 11.5 Å². The lowest BCUT2D eigenvalue weighted by molar-refractivity contribution is 0.458. The van der Waals surface area contributed by atoms with Crippen LogP contribution in [-0.2, 0) is 12.8 Å². The molecule has 0 aliphatic carbocycles. The third kappa shape index (κ3) is 8.25. The number of aromatic amines is 1. The molecule has 6 heteroatoms. The van der Waals surface area contributed by atoms with Crippen LogP contribution in [0.2, 0.25) is 0 Å². The standard InChI is InChI=1S/C43H52N6/c1-30(19-23-36-17-14-18-38-33(4)49(34(5)41(36)38)40-26-20-31(2)47-32(40)3)15-12-10-8-6-7-9-11-13-16-35-21-24-37(25-22-35)48-43-39-27-28-44-42(39)45-29-46-43/h14,17-18,21-22,24-25,27-29,40,47H,1-13,15-16,19-20,23,26H2,(H2,44,45,46,48). The van der Waals surface area contributed by atoms with E-state index in [9.17, 15) is 0 Å². The number of nitrogens with zero attached hydrogens (tertiary/aromatic N) is 3. The molecule has 254 valence electrons. The summed E-state index contributed by atoms with van der Waals surface area (Å²) < 4.78 is 2.28. The molecular formula is C43H52N6. The number of benzene rings is 2. The van der Waals surface area contributed by atoms with Crippen molar-refractivity contribution in [2.24, 2.45) is 0 Å². The topological polar surface area (TPSA) is 70.6 Å². The summed E-state index contributed by atoms with van der Waals surface area (Å²) in [7, 11) is 0. The minimum absolute atomic E-state index is 0.154. The number of anilines is 2. The van der Waals surface area contributed by atoms with Gasteiger partial charge in [-0.05, 0) is 80.7 Å². The second kappa shape index (κ2) is 16.0. The highest BCUT2D eigenvalue weighted by Crippen LogP contribution is 2.28. The summed E-state index contributed by atoms with van der Waals surface area (Å²) in [6.45, 7) is 21.8. The van der Waals surface area contributed by atoms with Gasteiger partial charge in [0, 0.05) is 44.7 Å². The molecule has 0 bridgehead atoms. The van der Waals surface area contributed by atoms with Gasteiger partial charge in [-0.1, -0.05) is 107 Å². The first-order valence-electron chi connectivity index (χ1n) is 18.1. The number of nitrogens with one attached hydrogen (secondary N) is 3. The summed E-state index contributed by atoms with van der Waals surface area (Å²) in [6.07, 6.45) is 20.0. The van der Waals surface area contributed by atoms with Gasteiger partial charge in [-0.15, -0.1) is 0 Å². The average molecular weight is 653 g/mol. The molecule has 2 aromatic carbocycles. The van der Waals surface area contributed by atoms with E-state index in [1.807, 2.05) is 12.3 Å². The van der Waals surface area contributed by atoms with Crippen LogP contribution in [0.1, 0.15) is 94.2 Å². The summed E-state index contributed by atoms with van der Waals surface area (Å²) in [5, 5.41) is 12.3. The molecular weight excluding hydrogens is 601 g/mol. The number of hydrogen-bond donors (Lipinski definition) is 3. The molecule has 6 nitrogen and oxygen atoms in total. The smallest absolute Gasteiger partial charge is 0.143 e. The third-order valence-electron chi connectivity index (χ3n) is 10.2. The van der Waals surface area contributed by atoms with E-state index in [-0.39, 0.29) is 6.04 Å². The summed E-state index contributed by atoms with van der Waals surface area (Å²) in [4.78, 5) is 11.8. The molecule has 1 aliphatic heterocycles. The summed E-state index contributed by atoms with van der Waals surface area (Å²) in [5.74, 6) is 0.827. The molecule has 3 N–H and O–H groups in total. The van der Waals surface area contributed by atoms with Crippen LogP contribution in [0, 0.1) is 0 Å². The molecule has 0 radical (unpaired) electrons. The van der Waals surface area contributed by atoms with E-state index in [1.54, 1.807) is 6.33 Å². The Bertz CT molecular complexity index is 2030. The largest absolute Gasteiger partial charge is 0.362 e. The zero-order valence-corrected chi connectivity index (χ0v) is 29.1. The maximum atomic E-state index is 4.52. The molecule has 1 unspecified atom stereocenters. The molecule has 1 atom stereocenters. The fourth-order valence-electron chi connectivity index (χ4n) is 7.39. The molecule has 0 spiro atoms. The normalized spacial score (nSPS) is 14.8. The number of H-pyrrole nitrogens is 1. The minimum atomic E-state index is 0.154. The Morgan fingerprint density at radius 2 is 1.55 bits per heavy atom. The van der Waals surface area contributed by atoms with Crippen LogP contribution < -0.4 is 21.3 Å². The quantitative estimate of drug-likeness (QED) is 0.0691. The molecule has 0 saturated carbocycles. The van der Waals surface area contributed by atoms with Gasteiger partial charge < -0.3 is 20.2 Å². The second-order valence-corrected chi connectivity index (χ2v) is 13.8. The molecule has 0 amide bonds. The predicted octanol–water partition coefficient (Wildman–Crippen LogP) is 9.67. The lowest BCUT2D eigenvalue weighted by Crippen LogP contribution is -2.36. The van der Waals surface area contributed by atoms with Gasteiger partial charge in [-0.2, -0.15) is 0 Å². The van der Waals surface area contributed by atoms with E-state index >= 15 is 0 Å². The lowest BCUT2D eigenvalue weighted by Gasteiger charge is -2.29. The molecule has 6 rings (SSSR count). The van der Waals surface area contributed by atoms with Gasteiger partial charge in [-0.25, -0.2) is 9.97 Å². The maximum absolute atomic E-state index is 4.52. The van der Waals surface area contributed by atoms with Crippen LogP contribution in [-0.4, -0.2) is 19.5 Å². The second-order valence-electron chi connectivity index (χ2n) is 13.8. The van der Waals surface area contributed by atoms with Crippen molar-refractivity contribution in [2.75, 3.05) is 5.32 Å². The van der Waals surface area contributed by atoms with Crippen LogP contribution in [0.25, 0.3) is 35.0 Å². The van der Waals surface area contributed by atoms with Crippen molar-refractivity contribution in [3.63, 3.8) is 0 Å². The zero-order valence-electron chi connectivity index (χ0n) is 29.1. The van der Waals surface area contributed by atoms with Crippen molar-refractivity contribution in [1.82, 2.24) is 24.8 Å². The van der Waals surface area contributed by atoms with Gasteiger partial charge in [0.2, 0.25) is 0 Å². The van der Waals surface area contributed by atoms with Crippen LogP contribution in [0.5, 0.6) is 0 Å². The van der Waals surface area contributed by atoms with Crippen LogP contribution in [0.15, 0.2) is 97.8 Å². The number of unbranched alkanes of at least 4 members (excludes halogenated alkanes) is 7. The van der Waals surface area contributed by atoms with Crippen molar-refractivity contribution in [3.05, 3.63) is 120 Å². The fraction of sp³-hybridized carbons (Fsp3) is 0.349. The number of piperidine rings is 1. The monoisotopic (exact) mass is 652 g/mol. The Hall–Kier alpha value is -4.84. The summed E-state index contributed by atoms with van der Waals surface area (Å²) in [5.41, 5.74) is 8.00. The van der Waals surface area contributed by atoms with Crippen molar-refractivity contribution in [3.8, 4) is 0 Å². The van der Waals surface area contributed by atoms with E-state index in [1.165, 1.54) is 78.8 Å². The highest BCUT2D eigenvalue weighted by molar-refractivity contribution is 5.89. The molecule has 3 aromatic heterocycles. The molecule has 4 heterocycles. The van der Waals surface area contributed by atoms with Crippen molar-refractivity contribution >= 4 is 46.5 Å². The highest BCUT2D eigenvalue weighted by Gasteiger charge is 2.23. The van der Waals surface area contributed by atoms with Gasteiger partial charge >= 0.3 is 0 Å². The fourth-order valence-corrected chi connectivity index (χ4v) is 7.39. The van der Waals surface area contributed by atoms with Gasteiger partial charge in [0.05, 0.1) is 11.4 Å². The Labute approximate surface area is 291 Å². The van der Waals surface area contributed by atoms with E-state index < -0.39 is 0 Å². The molecule has 1 saturated heterocycles. The first kappa shape index (κ1) is 34.0. The zero-order chi connectivity index (χ0) is 34.2. The minimum Gasteiger partial charge on any atom is -0.362 e. The Kier molecular flexibility index (Phi) is 11.1. The van der Waals surface area contributed by atoms with Crippen molar-refractivity contribution in [2.45, 2.75) is 95.9 Å². The van der Waals surface area contributed by atoms with Gasteiger partial charge in [-0.3, -0.25) is 0 Å². The molecule has 5 aromatic rings. The molecule has 1 aliphatic rings. The predicted molar refractivity (Wildman–Crippen MR) is 208 cm³/mol. The first-order valence-corrected chi connectivity index (χ1v) is 18.1.